The van der Waals surface area contributed by atoms with Gasteiger partial charge in [0.05, 0.1) is 23.2 Å². The van der Waals surface area contributed by atoms with Crippen LogP contribution in [0.15, 0.2) is 29.2 Å². The number of hydrogen-bond donors (Lipinski definition) is 1. The molecule has 8 nitrogen and oxygen atoms in total. The topological polar surface area (TPSA) is 93.5 Å². The number of aromatic nitrogens is 2. The van der Waals surface area contributed by atoms with Crippen molar-refractivity contribution in [1.29, 1.82) is 0 Å². The molecule has 0 aliphatic carbocycles. The lowest BCUT2D eigenvalue weighted by Gasteiger charge is -2.30. The van der Waals surface area contributed by atoms with Crippen LogP contribution in [0, 0.1) is 26.7 Å². The molecule has 0 unspecified atom stereocenters. The first-order chi connectivity index (χ1) is 15.3. The summed E-state index contributed by atoms with van der Waals surface area (Å²) < 4.78 is 35.7. The number of carbonyl (C=O) groups excluding carboxylic acids is 1. The van der Waals surface area contributed by atoms with Gasteiger partial charge in [0, 0.05) is 32.2 Å². The average Bonchev–Trinajstić information content (AvgIpc) is 3.40. The summed E-state index contributed by atoms with van der Waals surface area (Å²) in [6, 6.07) is 7.83. The van der Waals surface area contributed by atoms with Crippen LogP contribution in [-0.4, -0.2) is 60.8 Å². The lowest BCUT2D eigenvalue weighted by molar-refractivity contribution is -0.126. The summed E-state index contributed by atoms with van der Waals surface area (Å²) in [6.07, 6.45) is 3.15. The number of sulfonamides is 1. The van der Waals surface area contributed by atoms with Crippen LogP contribution in [0.4, 0.5) is 0 Å². The van der Waals surface area contributed by atoms with Gasteiger partial charge in [-0.25, -0.2) is 13.1 Å². The molecule has 1 aromatic carbocycles. The Hall–Kier alpha value is -2.23. The second-order valence-corrected chi connectivity index (χ2v) is 10.7. The van der Waals surface area contributed by atoms with Crippen LogP contribution in [0.3, 0.4) is 0 Å². The Balaban J connectivity index is 1.43. The Kier molecular flexibility index (Phi) is 6.69. The minimum atomic E-state index is -3.69. The van der Waals surface area contributed by atoms with Gasteiger partial charge in [-0.1, -0.05) is 17.7 Å². The largest absolute Gasteiger partial charge is 0.376 e. The molecule has 32 heavy (non-hydrogen) atoms. The second-order valence-electron chi connectivity index (χ2n) is 8.81. The molecular weight excluding hydrogens is 428 g/mol. The van der Waals surface area contributed by atoms with Crippen molar-refractivity contribution < 1.29 is 17.9 Å². The van der Waals surface area contributed by atoms with Crippen LogP contribution in [0.5, 0.6) is 0 Å². The van der Waals surface area contributed by atoms with Gasteiger partial charge < -0.3 is 10.1 Å². The van der Waals surface area contributed by atoms with Gasteiger partial charge in [0.15, 0.2) is 0 Å². The fourth-order valence-electron chi connectivity index (χ4n) is 4.59. The Bertz CT molecular complexity index is 1060. The van der Waals surface area contributed by atoms with Crippen LogP contribution < -0.4 is 5.32 Å². The van der Waals surface area contributed by atoms with Gasteiger partial charge in [-0.05, 0) is 58.6 Å². The van der Waals surface area contributed by atoms with E-state index in [1.807, 2.05) is 31.2 Å². The fraction of sp³-hybridized carbons (Fsp3) is 0.565. The number of piperidine rings is 1. The molecule has 1 atom stereocenters. The number of nitrogens with zero attached hydrogens (tertiary/aromatic N) is 3. The van der Waals surface area contributed by atoms with Crippen molar-refractivity contribution >= 4 is 15.9 Å². The zero-order valence-corrected chi connectivity index (χ0v) is 19.8. The first kappa shape index (κ1) is 22.9. The summed E-state index contributed by atoms with van der Waals surface area (Å²) in [7, 11) is -3.69. The molecule has 0 radical (unpaired) electrons. The maximum atomic E-state index is 13.5. The van der Waals surface area contributed by atoms with Crippen molar-refractivity contribution in [3.05, 3.63) is 41.2 Å². The van der Waals surface area contributed by atoms with Gasteiger partial charge in [0.1, 0.15) is 4.90 Å². The zero-order valence-electron chi connectivity index (χ0n) is 19.0. The van der Waals surface area contributed by atoms with E-state index in [1.54, 1.807) is 18.5 Å². The van der Waals surface area contributed by atoms with Gasteiger partial charge in [-0.3, -0.25) is 4.79 Å². The van der Waals surface area contributed by atoms with Crippen molar-refractivity contribution in [2.24, 2.45) is 5.92 Å². The standard InChI is InChI=1S/C23H32N4O4S/c1-16-6-8-20(9-7-16)27-18(3)22(17(2)25-27)32(29,30)26-12-10-19(11-13-26)23(28)24-15-21-5-4-14-31-21/h6-9,19,21H,4-5,10-15H2,1-3H3,(H,24,28)/t21-/m0/s1. The molecule has 2 fully saturated rings. The van der Waals surface area contributed by atoms with Gasteiger partial charge in [-0.2, -0.15) is 9.40 Å². The molecule has 2 saturated heterocycles. The SMILES string of the molecule is Cc1ccc(-n2nc(C)c(S(=O)(=O)N3CCC(C(=O)NC[C@@H]4CCCO4)CC3)c2C)cc1. The average molecular weight is 461 g/mol. The monoisotopic (exact) mass is 460 g/mol. The number of nitrogens with one attached hydrogen (secondary N) is 1. The number of hydrogen-bond acceptors (Lipinski definition) is 5. The third-order valence-corrected chi connectivity index (χ3v) is 8.61. The van der Waals surface area contributed by atoms with E-state index in [-0.39, 0.29) is 22.8 Å². The summed E-state index contributed by atoms with van der Waals surface area (Å²) in [5.74, 6) is -0.169. The fourth-order valence-corrected chi connectivity index (χ4v) is 6.41. The maximum absolute atomic E-state index is 13.5. The molecule has 2 aliphatic heterocycles. The molecule has 174 valence electrons. The molecule has 0 bridgehead atoms. The maximum Gasteiger partial charge on any atom is 0.246 e. The zero-order chi connectivity index (χ0) is 22.9. The van der Waals surface area contributed by atoms with E-state index in [2.05, 4.69) is 10.4 Å². The van der Waals surface area contributed by atoms with E-state index in [0.717, 1.165) is 30.7 Å². The summed E-state index contributed by atoms with van der Waals surface area (Å²) in [6.45, 7) is 7.48. The smallest absolute Gasteiger partial charge is 0.246 e. The van der Waals surface area contributed by atoms with E-state index in [9.17, 15) is 13.2 Å². The normalized spacial score (nSPS) is 20.5. The first-order valence-electron chi connectivity index (χ1n) is 11.3. The van der Waals surface area contributed by atoms with Crippen LogP contribution in [0.25, 0.3) is 5.69 Å². The molecular formula is C23H32N4O4S. The van der Waals surface area contributed by atoms with Crippen LogP contribution in [0.2, 0.25) is 0 Å². The quantitative estimate of drug-likeness (QED) is 0.715. The van der Waals surface area contributed by atoms with Crippen LogP contribution in [0.1, 0.15) is 42.6 Å². The van der Waals surface area contributed by atoms with E-state index in [4.69, 9.17) is 4.74 Å². The molecule has 1 N–H and O–H groups in total. The number of carbonyl (C=O) groups is 1. The van der Waals surface area contributed by atoms with Gasteiger partial charge >= 0.3 is 0 Å². The highest BCUT2D eigenvalue weighted by atomic mass is 32.2. The van der Waals surface area contributed by atoms with Gasteiger partial charge in [-0.15, -0.1) is 0 Å². The minimum absolute atomic E-state index is 0.00269. The number of ether oxygens (including phenoxy) is 1. The third kappa shape index (κ3) is 4.60. The molecule has 9 heteroatoms. The predicted octanol–water partition coefficient (Wildman–Crippen LogP) is 2.49. The van der Waals surface area contributed by atoms with E-state index in [1.165, 1.54) is 4.31 Å². The first-order valence-corrected chi connectivity index (χ1v) is 12.7. The lowest BCUT2D eigenvalue weighted by atomic mass is 9.97. The van der Waals surface area contributed by atoms with Crippen molar-refractivity contribution in [3.63, 3.8) is 0 Å². The Morgan fingerprint density at radius 2 is 1.81 bits per heavy atom. The number of aryl methyl sites for hydroxylation is 2. The van der Waals surface area contributed by atoms with Crippen molar-refractivity contribution in [2.45, 2.75) is 57.5 Å². The molecule has 2 aliphatic rings. The second kappa shape index (κ2) is 9.33. The van der Waals surface area contributed by atoms with Gasteiger partial charge in [0.25, 0.3) is 0 Å². The highest BCUT2D eigenvalue weighted by Crippen LogP contribution is 2.29. The highest BCUT2D eigenvalue weighted by Gasteiger charge is 2.35. The Morgan fingerprint density at radius 3 is 2.44 bits per heavy atom. The Morgan fingerprint density at radius 1 is 1.12 bits per heavy atom. The van der Waals surface area contributed by atoms with Crippen LogP contribution in [-0.2, 0) is 19.6 Å². The van der Waals surface area contributed by atoms with Crippen molar-refractivity contribution in [1.82, 2.24) is 19.4 Å². The van der Waals surface area contributed by atoms with Crippen LogP contribution >= 0.6 is 0 Å². The third-order valence-electron chi connectivity index (χ3n) is 6.45. The van der Waals surface area contributed by atoms with E-state index >= 15 is 0 Å². The van der Waals surface area contributed by atoms with E-state index < -0.39 is 10.0 Å². The van der Waals surface area contributed by atoms with Crippen molar-refractivity contribution in [2.75, 3.05) is 26.2 Å². The van der Waals surface area contributed by atoms with E-state index in [0.29, 0.717) is 43.9 Å². The molecule has 1 aromatic heterocycles. The molecule has 1 amide bonds. The highest BCUT2D eigenvalue weighted by molar-refractivity contribution is 7.89. The summed E-state index contributed by atoms with van der Waals surface area (Å²) in [5, 5.41) is 7.49. The summed E-state index contributed by atoms with van der Waals surface area (Å²) >= 11 is 0. The molecule has 0 saturated carbocycles. The molecule has 0 spiro atoms. The van der Waals surface area contributed by atoms with Gasteiger partial charge in [0.2, 0.25) is 15.9 Å². The number of benzene rings is 1. The molecule has 3 heterocycles. The summed E-state index contributed by atoms with van der Waals surface area (Å²) in [4.78, 5) is 12.8. The summed E-state index contributed by atoms with van der Waals surface area (Å²) in [5.41, 5.74) is 3.05. The van der Waals surface area contributed by atoms with Crippen molar-refractivity contribution in [3.8, 4) is 5.69 Å². The Labute approximate surface area is 190 Å². The lowest BCUT2D eigenvalue weighted by Crippen LogP contribution is -2.44. The molecule has 4 rings (SSSR count). The molecule has 2 aromatic rings. The minimum Gasteiger partial charge on any atom is -0.376 e. The number of amides is 1. The number of rotatable bonds is 6. The predicted molar refractivity (Wildman–Crippen MR) is 121 cm³/mol.